The van der Waals surface area contributed by atoms with Crippen LogP contribution in [0, 0.1) is 6.92 Å². The Kier molecular flexibility index (Phi) is 2.91. The molecule has 1 N–H and O–H groups in total. The summed E-state index contributed by atoms with van der Waals surface area (Å²) in [6.07, 6.45) is 0. The van der Waals surface area contributed by atoms with Gasteiger partial charge in [0.1, 0.15) is 5.52 Å². The lowest BCUT2D eigenvalue weighted by Gasteiger charge is -2.00. The van der Waals surface area contributed by atoms with Gasteiger partial charge >= 0.3 is 0 Å². The van der Waals surface area contributed by atoms with Crippen molar-refractivity contribution in [3.05, 3.63) is 47.0 Å². The molecule has 0 aliphatic rings. The van der Waals surface area contributed by atoms with Crippen LogP contribution in [0.15, 0.2) is 40.8 Å². The maximum atomic E-state index is 5.99. The first-order chi connectivity index (χ1) is 9.17. The van der Waals surface area contributed by atoms with E-state index in [1.165, 1.54) is 0 Å². The summed E-state index contributed by atoms with van der Waals surface area (Å²) in [5, 5.41) is 3.79. The molecule has 19 heavy (non-hydrogen) atoms. The molecule has 0 aliphatic heterocycles. The van der Waals surface area contributed by atoms with Gasteiger partial charge in [-0.1, -0.05) is 17.7 Å². The van der Waals surface area contributed by atoms with Crippen molar-refractivity contribution in [2.75, 3.05) is 12.4 Å². The summed E-state index contributed by atoms with van der Waals surface area (Å²) in [6, 6.07) is 11.5. The van der Waals surface area contributed by atoms with Crippen LogP contribution in [0.4, 0.5) is 5.69 Å². The van der Waals surface area contributed by atoms with E-state index >= 15 is 0 Å². The largest absolute Gasteiger partial charge is 0.436 e. The third kappa shape index (κ3) is 2.17. The van der Waals surface area contributed by atoms with Gasteiger partial charge in [0.25, 0.3) is 0 Å². The zero-order chi connectivity index (χ0) is 13.4. The molecule has 0 unspecified atom stereocenters. The molecule has 0 amide bonds. The lowest BCUT2D eigenvalue weighted by molar-refractivity contribution is 0.617. The smallest absolute Gasteiger partial charge is 0.227 e. The van der Waals surface area contributed by atoms with Crippen molar-refractivity contribution < 1.29 is 4.42 Å². The molecule has 0 saturated heterocycles. The monoisotopic (exact) mass is 272 g/mol. The Hall–Kier alpha value is -2.00. The first-order valence-electron chi connectivity index (χ1n) is 6.02. The number of halogens is 1. The molecule has 0 atom stereocenters. The lowest BCUT2D eigenvalue weighted by Crippen LogP contribution is -1.88. The summed E-state index contributed by atoms with van der Waals surface area (Å²) in [7, 11) is 1.89. The van der Waals surface area contributed by atoms with Crippen molar-refractivity contribution in [3.8, 4) is 11.5 Å². The maximum absolute atomic E-state index is 5.99. The minimum absolute atomic E-state index is 0.592. The van der Waals surface area contributed by atoms with Crippen LogP contribution in [0.3, 0.4) is 0 Å². The van der Waals surface area contributed by atoms with E-state index in [2.05, 4.69) is 10.3 Å². The fourth-order valence-electron chi connectivity index (χ4n) is 2.09. The predicted octanol–water partition coefficient (Wildman–Crippen LogP) is 4.50. The Morgan fingerprint density at radius 3 is 2.79 bits per heavy atom. The fraction of sp³-hybridized carbons (Fsp3) is 0.133. The Morgan fingerprint density at radius 1 is 1.21 bits per heavy atom. The van der Waals surface area contributed by atoms with Crippen molar-refractivity contribution in [3.63, 3.8) is 0 Å². The standard InChI is InChI=1S/C15H13ClN2O/c1-9-6-12(17-2)8-13-14(9)19-15(18-13)10-4-3-5-11(16)7-10/h3-8,17H,1-2H3. The zero-order valence-corrected chi connectivity index (χ0v) is 11.5. The number of anilines is 1. The SMILES string of the molecule is CNc1cc(C)c2oc(-c3cccc(Cl)c3)nc2c1. The van der Waals surface area contributed by atoms with Gasteiger partial charge < -0.3 is 9.73 Å². The van der Waals surface area contributed by atoms with E-state index < -0.39 is 0 Å². The van der Waals surface area contributed by atoms with Crippen molar-refractivity contribution in [2.24, 2.45) is 0 Å². The number of nitrogens with one attached hydrogen (secondary N) is 1. The molecule has 1 heterocycles. The highest BCUT2D eigenvalue weighted by molar-refractivity contribution is 6.30. The molecule has 0 fully saturated rings. The van der Waals surface area contributed by atoms with Crippen LogP contribution in [0.2, 0.25) is 5.02 Å². The van der Waals surface area contributed by atoms with Gasteiger partial charge in [-0.2, -0.15) is 0 Å². The molecule has 3 rings (SSSR count). The number of aryl methyl sites for hydroxylation is 1. The second-order valence-corrected chi connectivity index (χ2v) is 4.86. The van der Waals surface area contributed by atoms with Crippen molar-refractivity contribution >= 4 is 28.4 Å². The van der Waals surface area contributed by atoms with Crippen LogP contribution in [0.1, 0.15) is 5.56 Å². The summed E-state index contributed by atoms with van der Waals surface area (Å²) in [4.78, 5) is 4.53. The minimum Gasteiger partial charge on any atom is -0.436 e. The van der Waals surface area contributed by atoms with E-state index in [1.807, 2.05) is 50.4 Å². The molecular formula is C15H13ClN2O. The van der Waals surface area contributed by atoms with Gasteiger partial charge in [-0.15, -0.1) is 0 Å². The second kappa shape index (κ2) is 4.59. The average molecular weight is 273 g/mol. The molecule has 0 radical (unpaired) electrons. The number of hydrogen-bond donors (Lipinski definition) is 1. The molecular weight excluding hydrogens is 260 g/mol. The van der Waals surface area contributed by atoms with Gasteiger partial charge in [0.15, 0.2) is 5.58 Å². The van der Waals surface area contributed by atoms with Crippen LogP contribution in [-0.2, 0) is 0 Å². The normalized spacial score (nSPS) is 10.9. The van der Waals surface area contributed by atoms with Gasteiger partial charge in [-0.05, 0) is 42.8 Å². The first-order valence-corrected chi connectivity index (χ1v) is 6.40. The van der Waals surface area contributed by atoms with Crippen LogP contribution in [-0.4, -0.2) is 12.0 Å². The van der Waals surface area contributed by atoms with Crippen LogP contribution < -0.4 is 5.32 Å². The molecule has 1 aromatic heterocycles. The number of aromatic nitrogens is 1. The van der Waals surface area contributed by atoms with E-state index in [9.17, 15) is 0 Å². The number of rotatable bonds is 2. The summed E-state index contributed by atoms with van der Waals surface area (Å²) in [5.74, 6) is 0.592. The van der Waals surface area contributed by atoms with Crippen LogP contribution >= 0.6 is 11.6 Å². The third-order valence-corrected chi connectivity index (χ3v) is 3.27. The minimum atomic E-state index is 0.592. The summed E-state index contributed by atoms with van der Waals surface area (Å²) in [5.41, 5.74) is 4.63. The summed E-state index contributed by atoms with van der Waals surface area (Å²) in [6.45, 7) is 2.01. The highest BCUT2D eigenvalue weighted by Crippen LogP contribution is 2.29. The van der Waals surface area contributed by atoms with Crippen molar-refractivity contribution in [1.29, 1.82) is 0 Å². The molecule has 3 aromatic rings. The van der Waals surface area contributed by atoms with Crippen LogP contribution in [0.5, 0.6) is 0 Å². The van der Waals surface area contributed by atoms with Gasteiger partial charge in [-0.3, -0.25) is 0 Å². The number of fused-ring (bicyclic) bond motifs is 1. The Labute approximate surface area is 116 Å². The molecule has 2 aromatic carbocycles. The predicted molar refractivity (Wildman–Crippen MR) is 78.7 cm³/mol. The molecule has 0 saturated carbocycles. The fourth-order valence-corrected chi connectivity index (χ4v) is 2.28. The second-order valence-electron chi connectivity index (χ2n) is 4.42. The maximum Gasteiger partial charge on any atom is 0.227 e. The summed E-state index contributed by atoms with van der Waals surface area (Å²) < 4.78 is 5.84. The van der Waals surface area contributed by atoms with E-state index in [0.29, 0.717) is 10.9 Å². The number of oxazole rings is 1. The summed E-state index contributed by atoms with van der Waals surface area (Å²) >= 11 is 5.99. The highest BCUT2D eigenvalue weighted by atomic mass is 35.5. The lowest BCUT2D eigenvalue weighted by atomic mass is 10.2. The highest BCUT2D eigenvalue weighted by Gasteiger charge is 2.11. The van der Waals surface area contributed by atoms with Gasteiger partial charge in [0.05, 0.1) is 0 Å². The molecule has 0 aliphatic carbocycles. The van der Waals surface area contributed by atoms with E-state index in [1.54, 1.807) is 0 Å². The van der Waals surface area contributed by atoms with Gasteiger partial charge in [-0.25, -0.2) is 4.98 Å². The number of nitrogens with zero attached hydrogens (tertiary/aromatic N) is 1. The Morgan fingerprint density at radius 2 is 2.05 bits per heavy atom. The average Bonchev–Trinajstić information content (AvgIpc) is 2.83. The molecule has 3 nitrogen and oxygen atoms in total. The molecule has 0 spiro atoms. The van der Waals surface area contributed by atoms with Gasteiger partial charge in [0, 0.05) is 23.3 Å². The Bertz CT molecular complexity index is 749. The topological polar surface area (TPSA) is 38.1 Å². The molecule has 4 heteroatoms. The number of hydrogen-bond acceptors (Lipinski definition) is 3. The first kappa shape index (κ1) is 12.1. The Balaban J connectivity index is 2.19. The van der Waals surface area contributed by atoms with E-state index in [0.717, 1.165) is 27.9 Å². The van der Waals surface area contributed by atoms with Gasteiger partial charge in [0.2, 0.25) is 5.89 Å². The van der Waals surface area contributed by atoms with E-state index in [-0.39, 0.29) is 0 Å². The quantitative estimate of drug-likeness (QED) is 0.746. The third-order valence-electron chi connectivity index (χ3n) is 3.04. The number of benzene rings is 2. The van der Waals surface area contributed by atoms with Crippen molar-refractivity contribution in [1.82, 2.24) is 4.98 Å². The molecule has 0 bridgehead atoms. The van der Waals surface area contributed by atoms with Crippen molar-refractivity contribution in [2.45, 2.75) is 6.92 Å². The zero-order valence-electron chi connectivity index (χ0n) is 10.7. The molecule has 96 valence electrons. The van der Waals surface area contributed by atoms with Crippen LogP contribution in [0.25, 0.3) is 22.6 Å². The van der Waals surface area contributed by atoms with E-state index in [4.69, 9.17) is 16.0 Å².